The lowest BCUT2D eigenvalue weighted by Crippen LogP contribution is -2.54. The Morgan fingerprint density at radius 3 is 2.62 bits per heavy atom. The van der Waals surface area contributed by atoms with Gasteiger partial charge >= 0.3 is 0 Å². The van der Waals surface area contributed by atoms with Gasteiger partial charge in [-0.2, -0.15) is 0 Å². The number of carbonyl (C=O) groups excluding carboxylic acids is 2. The third kappa shape index (κ3) is 2.78. The van der Waals surface area contributed by atoms with E-state index in [1.807, 2.05) is 13.8 Å². The standard InChI is InChI=1S/C16H22N2O3/c1-10(2)18-12-9-11(13(19)7-8-17)5-6-14(12)21-16(3,4)15(18)20/h5-6,9-10H,7-8,17H2,1-4H3. The third-order valence-electron chi connectivity index (χ3n) is 3.53. The van der Waals surface area contributed by atoms with Gasteiger partial charge in [0, 0.05) is 18.0 Å². The van der Waals surface area contributed by atoms with Crippen molar-refractivity contribution in [3.8, 4) is 5.75 Å². The summed E-state index contributed by atoms with van der Waals surface area (Å²) in [5.41, 5.74) is 5.73. The number of nitrogens with zero attached hydrogens (tertiary/aromatic N) is 1. The first-order valence-corrected chi connectivity index (χ1v) is 7.18. The van der Waals surface area contributed by atoms with Crippen LogP contribution in [0.2, 0.25) is 0 Å². The van der Waals surface area contributed by atoms with Crippen LogP contribution in [-0.2, 0) is 4.79 Å². The summed E-state index contributed by atoms with van der Waals surface area (Å²) in [6.07, 6.45) is 0.292. The smallest absolute Gasteiger partial charge is 0.270 e. The molecule has 1 aliphatic rings. The van der Waals surface area contributed by atoms with E-state index in [0.29, 0.717) is 30.0 Å². The number of hydrogen-bond donors (Lipinski definition) is 1. The van der Waals surface area contributed by atoms with E-state index in [1.165, 1.54) is 0 Å². The zero-order chi connectivity index (χ0) is 15.8. The summed E-state index contributed by atoms with van der Waals surface area (Å²) in [5, 5.41) is 0. The normalized spacial score (nSPS) is 16.7. The summed E-state index contributed by atoms with van der Waals surface area (Å²) < 4.78 is 5.78. The Hall–Kier alpha value is -1.88. The molecule has 1 aliphatic heterocycles. The van der Waals surface area contributed by atoms with Crippen LogP contribution in [0, 0.1) is 0 Å². The van der Waals surface area contributed by atoms with E-state index in [-0.39, 0.29) is 17.7 Å². The molecule has 0 atom stereocenters. The Bertz CT molecular complexity index is 579. The first kappa shape index (κ1) is 15.5. The second kappa shape index (κ2) is 5.48. The minimum Gasteiger partial charge on any atom is -0.476 e. The number of fused-ring (bicyclic) bond motifs is 1. The molecule has 0 saturated heterocycles. The summed E-state index contributed by atoms with van der Waals surface area (Å²) in [7, 11) is 0. The molecule has 0 unspecified atom stereocenters. The molecule has 114 valence electrons. The van der Waals surface area contributed by atoms with Gasteiger partial charge in [-0.15, -0.1) is 0 Å². The Balaban J connectivity index is 2.50. The average molecular weight is 290 g/mol. The Morgan fingerprint density at radius 2 is 2.05 bits per heavy atom. The van der Waals surface area contributed by atoms with Crippen LogP contribution in [0.15, 0.2) is 18.2 Å². The number of nitrogens with two attached hydrogens (primary N) is 1. The van der Waals surface area contributed by atoms with Crippen molar-refractivity contribution < 1.29 is 14.3 Å². The number of Topliss-reactive ketones (excluding diaryl/α,β-unsaturated/α-hetero) is 1. The predicted molar refractivity (Wildman–Crippen MR) is 81.8 cm³/mol. The number of amides is 1. The number of rotatable bonds is 4. The molecule has 0 bridgehead atoms. The molecule has 0 aliphatic carbocycles. The molecular weight excluding hydrogens is 268 g/mol. The molecular formula is C16H22N2O3. The van der Waals surface area contributed by atoms with Crippen LogP contribution in [-0.4, -0.2) is 29.9 Å². The van der Waals surface area contributed by atoms with Gasteiger partial charge in [-0.3, -0.25) is 9.59 Å². The van der Waals surface area contributed by atoms with Gasteiger partial charge in [-0.1, -0.05) is 0 Å². The molecule has 1 aromatic rings. The average Bonchev–Trinajstić information content (AvgIpc) is 2.39. The van der Waals surface area contributed by atoms with Gasteiger partial charge in [-0.05, 0) is 52.4 Å². The van der Waals surface area contributed by atoms with Crippen molar-refractivity contribution in [1.29, 1.82) is 0 Å². The zero-order valence-electron chi connectivity index (χ0n) is 13.0. The lowest BCUT2D eigenvalue weighted by Gasteiger charge is -2.41. The van der Waals surface area contributed by atoms with Gasteiger partial charge in [0.15, 0.2) is 11.4 Å². The fourth-order valence-electron chi connectivity index (χ4n) is 2.47. The molecule has 21 heavy (non-hydrogen) atoms. The maximum Gasteiger partial charge on any atom is 0.270 e. The van der Waals surface area contributed by atoms with Crippen LogP contribution in [0.1, 0.15) is 44.5 Å². The first-order valence-electron chi connectivity index (χ1n) is 7.18. The monoisotopic (exact) mass is 290 g/mol. The molecule has 1 heterocycles. The molecule has 2 rings (SSSR count). The lowest BCUT2D eigenvalue weighted by atomic mass is 10.00. The van der Waals surface area contributed by atoms with Crippen molar-refractivity contribution >= 4 is 17.4 Å². The molecule has 5 heteroatoms. The van der Waals surface area contributed by atoms with Crippen LogP contribution < -0.4 is 15.4 Å². The molecule has 0 fully saturated rings. The van der Waals surface area contributed by atoms with Crippen LogP contribution in [0.25, 0.3) is 0 Å². The minimum absolute atomic E-state index is 0.0146. The van der Waals surface area contributed by atoms with Gasteiger partial charge in [0.05, 0.1) is 5.69 Å². The molecule has 2 N–H and O–H groups in total. The fraction of sp³-hybridized carbons (Fsp3) is 0.500. The largest absolute Gasteiger partial charge is 0.476 e. The first-order chi connectivity index (χ1) is 9.77. The highest BCUT2D eigenvalue weighted by molar-refractivity contribution is 6.05. The second-order valence-corrected chi connectivity index (χ2v) is 6.03. The maximum atomic E-state index is 12.6. The van der Waals surface area contributed by atoms with Crippen molar-refractivity contribution in [1.82, 2.24) is 0 Å². The summed E-state index contributed by atoms with van der Waals surface area (Å²) in [6.45, 7) is 7.70. The van der Waals surface area contributed by atoms with Gasteiger partial charge < -0.3 is 15.4 Å². The molecule has 0 spiro atoms. The van der Waals surface area contributed by atoms with E-state index in [1.54, 1.807) is 36.9 Å². The van der Waals surface area contributed by atoms with Crippen molar-refractivity contribution in [3.05, 3.63) is 23.8 Å². The number of benzene rings is 1. The van der Waals surface area contributed by atoms with E-state index in [2.05, 4.69) is 0 Å². The van der Waals surface area contributed by atoms with Crippen molar-refractivity contribution in [3.63, 3.8) is 0 Å². The van der Waals surface area contributed by atoms with Crippen LogP contribution in [0.3, 0.4) is 0 Å². The highest BCUT2D eigenvalue weighted by Crippen LogP contribution is 2.39. The highest BCUT2D eigenvalue weighted by atomic mass is 16.5. The van der Waals surface area contributed by atoms with E-state index < -0.39 is 5.60 Å². The summed E-state index contributed by atoms with van der Waals surface area (Å²) in [4.78, 5) is 26.2. The van der Waals surface area contributed by atoms with E-state index >= 15 is 0 Å². The lowest BCUT2D eigenvalue weighted by molar-refractivity contribution is -0.133. The molecule has 1 amide bonds. The Morgan fingerprint density at radius 1 is 1.38 bits per heavy atom. The van der Waals surface area contributed by atoms with E-state index in [9.17, 15) is 9.59 Å². The minimum atomic E-state index is -0.903. The van der Waals surface area contributed by atoms with Crippen LogP contribution >= 0.6 is 0 Å². The van der Waals surface area contributed by atoms with Gasteiger partial charge in [0.1, 0.15) is 5.75 Å². The van der Waals surface area contributed by atoms with E-state index in [4.69, 9.17) is 10.5 Å². The summed E-state index contributed by atoms with van der Waals surface area (Å²) in [5.74, 6) is 0.493. The second-order valence-electron chi connectivity index (χ2n) is 6.03. The molecule has 0 saturated carbocycles. The number of hydrogen-bond acceptors (Lipinski definition) is 4. The molecule has 0 aromatic heterocycles. The van der Waals surface area contributed by atoms with Gasteiger partial charge in [0.25, 0.3) is 5.91 Å². The summed E-state index contributed by atoms with van der Waals surface area (Å²) >= 11 is 0. The quantitative estimate of drug-likeness (QED) is 0.862. The molecule has 5 nitrogen and oxygen atoms in total. The van der Waals surface area contributed by atoms with Crippen LogP contribution in [0.5, 0.6) is 5.75 Å². The van der Waals surface area contributed by atoms with Gasteiger partial charge in [-0.25, -0.2) is 0 Å². The SMILES string of the molecule is CC(C)N1C(=O)C(C)(C)Oc2ccc(C(=O)CCN)cc21. The van der Waals surface area contributed by atoms with Crippen LogP contribution in [0.4, 0.5) is 5.69 Å². The van der Waals surface area contributed by atoms with Crippen molar-refractivity contribution in [2.75, 3.05) is 11.4 Å². The fourth-order valence-corrected chi connectivity index (χ4v) is 2.47. The third-order valence-corrected chi connectivity index (χ3v) is 3.53. The molecule has 1 aromatic carbocycles. The van der Waals surface area contributed by atoms with Crippen molar-refractivity contribution in [2.45, 2.75) is 45.8 Å². The maximum absolute atomic E-state index is 12.6. The zero-order valence-corrected chi connectivity index (χ0v) is 13.0. The van der Waals surface area contributed by atoms with Crippen molar-refractivity contribution in [2.24, 2.45) is 5.73 Å². The number of anilines is 1. The Kier molecular flexibility index (Phi) is 4.05. The highest BCUT2D eigenvalue weighted by Gasteiger charge is 2.42. The predicted octanol–water partition coefficient (Wildman–Crippen LogP) is 2.13. The van der Waals surface area contributed by atoms with E-state index in [0.717, 1.165) is 0 Å². The summed E-state index contributed by atoms with van der Waals surface area (Å²) in [6, 6.07) is 5.18. The number of carbonyl (C=O) groups is 2. The molecule has 0 radical (unpaired) electrons. The number of ketones is 1. The number of ether oxygens (including phenoxy) is 1. The van der Waals surface area contributed by atoms with Gasteiger partial charge in [0.2, 0.25) is 0 Å². The topological polar surface area (TPSA) is 72.6 Å². The Labute approximate surface area is 125 Å².